The molecule has 70 heavy (non-hydrogen) atoms. The first kappa shape index (κ1) is 54.7. The van der Waals surface area contributed by atoms with Crippen LogP contribution < -0.4 is 9.47 Å². The van der Waals surface area contributed by atoms with Crippen LogP contribution in [0.4, 0.5) is 0 Å². The van der Waals surface area contributed by atoms with Crippen molar-refractivity contribution < 1.29 is 113 Å². The normalized spacial score (nSPS) is 32.2. The molecule has 0 spiro atoms. The Hall–Kier alpha value is -4.64. The summed E-state index contributed by atoms with van der Waals surface area (Å²) in [5.74, 6) is -2.14. The average Bonchev–Trinajstić information content (AvgIpc) is 3.34. The van der Waals surface area contributed by atoms with Crippen LogP contribution in [0.25, 0.3) is 0 Å². The number of rotatable bonds is 21. The Morgan fingerprint density at radius 2 is 0.957 bits per heavy atom. The van der Waals surface area contributed by atoms with Gasteiger partial charge in [0.25, 0.3) is 0 Å². The Bertz CT molecular complexity index is 2090. The number of carbonyl (C=O) groups is 2. The molecular weight excluding hydrogens is 932 g/mol. The lowest BCUT2D eigenvalue weighted by Gasteiger charge is -2.43. The maximum Gasteiger partial charge on any atom is 0.339 e. The van der Waals surface area contributed by atoms with Gasteiger partial charge in [0.15, 0.2) is 11.9 Å². The molecule has 0 aliphatic carbocycles. The van der Waals surface area contributed by atoms with Crippen LogP contribution in [0.15, 0.2) is 72.8 Å². The van der Waals surface area contributed by atoms with E-state index in [9.17, 15) is 70.9 Å². The van der Waals surface area contributed by atoms with E-state index < -0.39 is 142 Å². The number of carbonyl (C=O) groups excluding carboxylic acids is 2. The summed E-state index contributed by atoms with van der Waals surface area (Å²) < 4.78 is 51.1. The molecule has 3 saturated heterocycles. The molecule has 23 heteroatoms. The van der Waals surface area contributed by atoms with Gasteiger partial charge in [-0.15, -0.1) is 0 Å². The number of phenols is 1. The van der Waals surface area contributed by atoms with Gasteiger partial charge in [0.2, 0.25) is 12.6 Å². The van der Waals surface area contributed by atoms with Gasteiger partial charge < -0.3 is 104 Å². The van der Waals surface area contributed by atoms with Crippen LogP contribution >= 0.6 is 0 Å². The zero-order valence-corrected chi connectivity index (χ0v) is 38.2. The van der Waals surface area contributed by atoms with Crippen molar-refractivity contribution in [3.8, 4) is 17.2 Å². The molecule has 0 bridgehead atoms. The fraction of sp³-hybridized carbons (Fsp3) is 0.574. The van der Waals surface area contributed by atoms with E-state index in [1.54, 1.807) is 26.0 Å². The molecule has 23 nitrogen and oxygen atoms in total. The average molecular weight is 995 g/mol. The number of aliphatic hydroxyl groups is 11. The van der Waals surface area contributed by atoms with E-state index in [0.29, 0.717) is 11.1 Å². The van der Waals surface area contributed by atoms with Crippen LogP contribution in [-0.2, 0) is 62.6 Å². The van der Waals surface area contributed by atoms with Crippen molar-refractivity contribution in [3.05, 3.63) is 89.5 Å². The van der Waals surface area contributed by atoms with Crippen LogP contribution in [0.3, 0.4) is 0 Å². The predicted octanol–water partition coefficient (Wildman–Crippen LogP) is -2.25. The van der Waals surface area contributed by atoms with Crippen molar-refractivity contribution in [2.45, 2.75) is 144 Å². The molecular formula is C47H62O23. The Morgan fingerprint density at radius 1 is 0.543 bits per heavy atom. The number of esters is 2. The van der Waals surface area contributed by atoms with Crippen LogP contribution in [-0.4, -0.2) is 191 Å². The maximum absolute atomic E-state index is 14.3. The quantitative estimate of drug-likeness (QED) is 0.0502. The third-order valence-corrected chi connectivity index (χ3v) is 11.9. The molecule has 6 rings (SSSR count). The maximum atomic E-state index is 14.3. The molecule has 16 atom stereocenters. The molecule has 388 valence electrons. The highest BCUT2D eigenvalue weighted by molar-refractivity contribution is 5.86. The van der Waals surface area contributed by atoms with E-state index in [1.165, 1.54) is 60.7 Å². The highest BCUT2D eigenvalue weighted by Crippen LogP contribution is 2.35. The number of ether oxygens (including phenoxy) is 9. The first-order valence-electron chi connectivity index (χ1n) is 22.5. The fourth-order valence-corrected chi connectivity index (χ4v) is 7.94. The standard InChI is InChI=1S/C47H62O23/c1-23(2)15-47(70-45-42(60)38(56)35(53)31(18-49)68-45,46(61)64-21-26-7-13-28(14-8-26)65-43-40(58)37(55)34(52)30(17-48)67-43)16-33(51)63-20-25-5-11-29(12-6-25)66-44-41(59)39(57)36(54)32(69-44)22-62-19-24-3-9-27(50)10-4-24/h3-14,23,30-32,34-45,48-50,52-60H,15-22H2,1-2H3/t30-,31-,32-,34-,35-,36-,37+,38+,39+,40-,41-,42-,43-,44-,45+,47-/m1/s1. The highest BCUT2D eigenvalue weighted by atomic mass is 16.7. The van der Waals surface area contributed by atoms with Gasteiger partial charge in [0.1, 0.15) is 104 Å². The summed E-state index contributed by atoms with van der Waals surface area (Å²) in [6.45, 7) is 1.09. The first-order valence-corrected chi connectivity index (χ1v) is 22.5. The van der Waals surface area contributed by atoms with E-state index in [1.807, 2.05) is 0 Å². The molecule has 0 unspecified atom stereocenters. The van der Waals surface area contributed by atoms with E-state index in [4.69, 9.17) is 42.6 Å². The van der Waals surface area contributed by atoms with Crippen LogP contribution in [0.1, 0.15) is 43.4 Å². The van der Waals surface area contributed by atoms with Crippen LogP contribution in [0, 0.1) is 5.92 Å². The zero-order chi connectivity index (χ0) is 50.9. The fourth-order valence-electron chi connectivity index (χ4n) is 7.94. The van der Waals surface area contributed by atoms with E-state index in [2.05, 4.69) is 0 Å². The lowest BCUT2D eigenvalue weighted by atomic mass is 9.88. The number of benzene rings is 3. The highest BCUT2D eigenvalue weighted by Gasteiger charge is 2.52. The minimum Gasteiger partial charge on any atom is -0.508 e. The Kier molecular flexibility index (Phi) is 19.3. The number of phenolic OH excluding ortho intramolecular Hbond substituents is 1. The lowest BCUT2D eigenvalue weighted by Crippen LogP contribution is -2.62. The van der Waals surface area contributed by atoms with Crippen molar-refractivity contribution in [3.63, 3.8) is 0 Å². The van der Waals surface area contributed by atoms with Crippen molar-refractivity contribution in [1.82, 2.24) is 0 Å². The summed E-state index contributed by atoms with van der Waals surface area (Å²) in [7, 11) is 0. The van der Waals surface area contributed by atoms with Gasteiger partial charge >= 0.3 is 11.9 Å². The first-order chi connectivity index (χ1) is 33.3. The van der Waals surface area contributed by atoms with Crippen molar-refractivity contribution in [2.75, 3.05) is 19.8 Å². The molecule has 0 radical (unpaired) electrons. The molecule has 3 aromatic rings. The number of aliphatic hydroxyl groups excluding tert-OH is 11. The summed E-state index contributed by atoms with van der Waals surface area (Å²) >= 11 is 0. The van der Waals surface area contributed by atoms with Crippen molar-refractivity contribution in [1.29, 1.82) is 0 Å². The number of aromatic hydroxyl groups is 1. The van der Waals surface area contributed by atoms with Crippen LogP contribution in [0.5, 0.6) is 17.2 Å². The molecule has 0 saturated carbocycles. The second-order valence-corrected chi connectivity index (χ2v) is 17.7. The number of hydrogen-bond acceptors (Lipinski definition) is 23. The molecule has 3 heterocycles. The summed E-state index contributed by atoms with van der Waals surface area (Å²) in [6, 6.07) is 18.0. The second kappa shape index (κ2) is 24.7. The van der Waals surface area contributed by atoms with Gasteiger partial charge in [0.05, 0.1) is 32.8 Å². The molecule has 12 N–H and O–H groups in total. The zero-order valence-electron chi connectivity index (χ0n) is 38.2. The Labute approximate surface area is 401 Å². The minimum absolute atomic E-state index is 0.0797. The van der Waals surface area contributed by atoms with E-state index >= 15 is 0 Å². The Balaban J connectivity index is 1.10. The molecule has 3 aromatic carbocycles. The van der Waals surface area contributed by atoms with Crippen LogP contribution in [0.2, 0.25) is 0 Å². The third-order valence-electron chi connectivity index (χ3n) is 11.9. The predicted molar refractivity (Wildman–Crippen MR) is 234 cm³/mol. The monoisotopic (exact) mass is 994 g/mol. The molecule has 3 fully saturated rings. The molecule has 3 aliphatic rings. The van der Waals surface area contributed by atoms with E-state index in [0.717, 1.165) is 5.56 Å². The van der Waals surface area contributed by atoms with Crippen molar-refractivity contribution in [2.24, 2.45) is 5.92 Å². The summed E-state index contributed by atoms with van der Waals surface area (Å²) in [5.41, 5.74) is -0.737. The molecule has 3 aliphatic heterocycles. The summed E-state index contributed by atoms with van der Waals surface area (Å²) in [6.07, 6.45) is -24.9. The largest absolute Gasteiger partial charge is 0.508 e. The smallest absolute Gasteiger partial charge is 0.339 e. The van der Waals surface area contributed by atoms with Gasteiger partial charge in [-0.1, -0.05) is 50.2 Å². The minimum atomic E-state index is -2.27. The molecule has 0 amide bonds. The summed E-state index contributed by atoms with van der Waals surface area (Å²) in [4.78, 5) is 28.0. The third kappa shape index (κ3) is 13.6. The SMILES string of the molecule is CC(C)C[C@](CC(=O)OCc1ccc(O[C@@H]2O[C@H](COCc3ccc(O)cc3)[C@@H](O)[C@H](O)[C@H]2O)cc1)(O[C@@H]1O[C@H](CO)[C@@H](O)[C@H](O)[C@H]1O)C(=O)OCc1ccc(O[C@@H]2O[C@H](CO)[C@@H](O)[C@H](O)[C@H]2O)cc1. The van der Waals surface area contributed by atoms with Gasteiger partial charge in [-0.05, 0) is 65.4 Å². The van der Waals surface area contributed by atoms with Gasteiger partial charge in [-0.2, -0.15) is 0 Å². The van der Waals surface area contributed by atoms with Gasteiger partial charge in [-0.3, -0.25) is 4.79 Å². The second-order valence-electron chi connectivity index (χ2n) is 17.7. The van der Waals surface area contributed by atoms with E-state index in [-0.39, 0.29) is 43.5 Å². The van der Waals surface area contributed by atoms with Gasteiger partial charge in [0, 0.05) is 0 Å². The summed E-state index contributed by atoms with van der Waals surface area (Å²) in [5, 5.41) is 123. The van der Waals surface area contributed by atoms with Gasteiger partial charge in [-0.25, -0.2) is 4.79 Å². The molecule has 0 aromatic heterocycles. The Morgan fingerprint density at radius 3 is 1.44 bits per heavy atom. The number of hydrogen-bond donors (Lipinski definition) is 12. The lowest BCUT2D eigenvalue weighted by molar-refractivity contribution is -0.327. The van der Waals surface area contributed by atoms with Crippen molar-refractivity contribution >= 4 is 11.9 Å². The topological polar surface area (TPSA) is 360 Å².